The van der Waals surface area contributed by atoms with Crippen molar-refractivity contribution in [1.29, 1.82) is 0 Å². The number of hydrogen-bond acceptors (Lipinski definition) is 8. The number of nitrogens with zero attached hydrogens (tertiary/aromatic N) is 2. The lowest BCUT2D eigenvalue weighted by atomic mass is 10.1. The van der Waals surface area contributed by atoms with Crippen LogP contribution in [-0.4, -0.2) is 28.4 Å². The average Bonchev–Trinajstić information content (AvgIpc) is 3.14. The lowest BCUT2D eigenvalue weighted by molar-refractivity contribution is -0.384. The van der Waals surface area contributed by atoms with Crippen LogP contribution in [0.1, 0.15) is 27.2 Å². The van der Waals surface area contributed by atoms with Crippen molar-refractivity contribution in [3.63, 3.8) is 0 Å². The molecular formula is C21H19N3O5S2. The van der Waals surface area contributed by atoms with Crippen molar-refractivity contribution in [2.24, 2.45) is 0 Å². The summed E-state index contributed by atoms with van der Waals surface area (Å²) < 4.78 is 5.83. The van der Waals surface area contributed by atoms with Gasteiger partial charge in [-0.25, -0.2) is 9.78 Å². The number of aryl methyl sites for hydroxylation is 2. The smallest absolute Gasteiger partial charge is 0.340 e. The van der Waals surface area contributed by atoms with E-state index >= 15 is 0 Å². The van der Waals surface area contributed by atoms with E-state index in [4.69, 9.17) is 4.74 Å². The number of thiazole rings is 1. The first kappa shape index (κ1) is 22.4. The maximum Gasteiger partial charge on any atom is 0.340 e. The number of nitrogens with one attached hydrogen (secondary N) is 1. The summed E-state index contributed by atoms with van der Waals surface area (Å²) in [5.74, 6) is -1.33. The Bertz CT molecular complexity index is 1160. The molecule has 0 atom stereocenters. The van der Waals surface area contributed by atoms with Crippen molar-refractivity contribution in [1.82, 2.24) is 4.98 Å². The lowest BCUT2D eigenvalue weighted by Crippen LogP contribution is -2.21. The maximum absolute atomic E-state index is 12.7. The van der Waals surface area contributed by atoms with Crippen LogP contribution in [0.3, 0.4) is 0 Å². The molecule has 0 spiro atoms. The Morgan fingerprint density at radius 3 is 2.68 bits per heavy atom. The SMILES string of the molecule is Cc1csc(Sc2ccc([N+](=O)[O-])cc2C(=O)OCC(=O)Nc2cccc(C)c2C)n1. The van der Waals surface area contributed by atoms with E-state index in [0.717, 1.165) is 22.9 Å². The molecule has 8 nitrogen and oxygen atoms in total. The molecule has 0 radical (unpaired) electrons. The maximum atomic E-state index is 12.7. The molecule has 0 bridgehead atoms. The number of anilines is 1. The van der Waals surface area contributed by atoms with E-state index in [1.54, 1.807) is 6.07 Å². The number of carbonyl (C=O) groups excluding carboxylic acids is 2. The van der Waals surface area contributed by atoms with Crippen LogP contribution >= 0.6 is 23.1 Å². The number of ether oxygens (including phenoxy) is 1. The van der Waals surface area contributed by atoms with Crippen LogP contribution in [0.2, 0.25) is 0 Å². The molecule has 0 saturated carbocycles. The van der Waals surface area contributed by atoms with E-state index in [1.165, 1.54) is 35.2 Å². The number of amides is 1. The van der Waals surface area contributed by atoms with Gasteiger partial charge in [-0.15, -0.1) is 11.3 Å². The summed E-state index contributed by atoms with van der Waals surface area (Å²) >= 11 is 2.61. The third-order valence-electron chi connectivity index (χ3n) is 4.40. The minimum absolute atomic E-state index is 0.00610. The lowest BCUT2D eigenvalue weighted by Gasteiger charge is -2.11. The molecule has 3 aromatic rings. The molecule has 0 saturated heterocycles. The molecule has 1 amide bonds. The molecule has 0 aliphatic carbocycles. The summed E-state index contributed by atoms with van der Waals surface area (Å²) in [4.78, 5) is 40.3. The van der Waals surface area contributed by atoms with E-state index in [-0.39, 0.29) is 11.3 Å². The molecule has 0 aliphatic heterocycles. The van der Waals surface area contributed by atoms with Crippen LogP contribution in [0.4, 0.5) is 11.4 Å². The Morgan fingerprint density at radius 2 is 2.00 bits per heavy atom. The van der Waals surface area contributed by atoms with Gasteiger partial charge in [0, 0.05) is 33.8 Å². The third kappa shape index (κ3) is 5.68. The zero-order valence-electron chi connectivity index (χ0n) is 17.0. The molecule has 31 heavy (non-hydrogen) atoms. The number of rotatable bonds is 7. The summed E-state index contributed by atoms with van der Waals surface area (Å²) in [6.07, 6.45) is 0. The van der Waals surface area contributed by atoms with Crippen LogP contribution < -0.4 is 5.32 Å². The predicted octanol–water partition coefficient (Wildman–Crippen LogP) is 4.92. The van der Waals surface area contributed by atoms with Gasteiger partial charge in [-0.3, -0.25) is 14.9 Å². The Labute approximate surface area is 186 Å². The molecule has 0 unspecified atom stereocenters. The largest absolute Gasteiger partial charge is 0.452 e. The third-order valence-corrected chi connectivity index (χ3v) is 6.53. The van der Waals surface area contributed by atoms with Crippen LogP contribution in [0.5, 0.6) is 0 Å². The molecular weight excluding hydrogens is 438 g/mol. The highest BCUT2D eigenvalue weighted by Crippen LogP contribution is 2.34. The van der Waals surface area contributed by atoms with Crippen molar-refractivity contribution in [3.05, 3.63) is 74.3 Å². The molecule has 1 heterocycles. The Hall–Kier alpha value is -3.24. The van der Waals surface area contributed by atoms with Crippen molar-refractivity contribution in [2.45, 2.75) is 30.0 Å². The molecule has 1 N–H and O–H groups in total. The zero-order valence-corrected chi connectivity index (χ0v) is 18.6. The van der Waals surface area contributed by atoms with Crippen molar-refractivity contribution >= 4 is 46.3 Å². The highest BCUT2D eigenvalue weighted by molar-refractivity contribution is 8.01. The van der Waals surface area contributed by atoms with Gasteiger partial charge in [0.25, 0.3) is 11.6 Å². The molecule has 2 aromatic carbocycles. The van der Waals surface area contributed by atoms with Crippen LogP contribution in [0.15, 0.2) is 51.0 Å². The second kappa shape index (κ2) is 9.71. The Balaban J connectivity index is 1.74. The molecule has 160 valence electrons. The first-order chi connectivity index (χ1) is 14.7. The first-order valence-corrected chi connectivity index (χ1v) is 10.9. The molecule has 10 heteroatoms. The van der Waals surface area contributed by atoms with Gasteiger partial charge >= 0.3 is 5.97 Å². The Kier molecular flexibility index (Phi) is 7.03. The molecule has 3 rings (SSSR count). The minimum atomic E-state index is -0.824. The van der Waals surface area contributed by atoms with E-state index in [9.17, 15) is 19.7 Å². The summed E-state index contributed by atoms with van der Waals surface area (Å²) in [6, 6.07) is 9.44. The molecule has 0 aliphatic rings. The van der Waals surface area contributed by atoms with Crippen molar-refractivity contribution in [2.75, 3.05) is 11.9 Å². The van der Waals surface area contributed by atoms with Gasteiger partial charge in [0.1, 0.15) is 0 Å². The van der Waals surface area contributed by atoms with E-state index < -0.39 is 23.4 Å². The first-order valence-electron chi connectivity index (χ1n) is 9.16. The number of benzene rings is 2. The number of hydrogen-bond donors (Lipinski definition) is 1. The average molecular weight is 458 g/mol. The van der Waals surface area contributed by atoms with Crippen LogP contribution in [-0.2, 0) is 9.53 Å². The van der Waals surface area contributed by atoms with Crippen LogP contribution in [0.25, 0.3) is 0 Å². The molecule has 1 aromatic heterocycles. The van der Waals surface area contributed by atoms with Crippen molar-refractivity contribution in [3.8, 4) is 0 Å². The van der Waals surface area contributed by atoms with Crippen LogP contribution in [0, 0.1) is 30.9 Å². The van der Waals surface area contributed by atoms with Crippen molar-refractivity contribution < 1.29 is 19.2 Å². The minimum Gasteiger partial charge on any atom is -0.452 e. The van der Waals surface area contributed by atoms with Gasteiger partial charge in [0.2, 0.25) is 0 Å². The molecule has 0 fully saturated rings. The zero-order chi connectivity index (χ0) is 22.5. The quantitative estimate of drug-likeness (QED) is 0.304. The Morgan fingerprint density at radius 1 is 1.23 bits per heavy atom. The van der Waals surface area contributed by atoms with E-state index in [1.807, 2.05) is 38.3 Å². The summed E-state index contributed by atoms with van der Waals surface area (Å²) in [5, 5.41) is 15.7. The van der Waals surface area contributed by atoms with E-state index in [0.29, 0.717) is 14.9 Å². The summed E-state index contributed by atoms with van der Waals surface area (Å²) in [6.45, 7) is 5.13. The number of nitro benzene ring substituents is 1. The predicted molar refractivity (Wildman–Crippen MR) is 119 cm³/mol. The highest BCUT2D eigenvalue weighted by Gasteiger charge is 2.21. The number of esters is 1. The fraction of sp³-hybridized carbons (Fsp3) is 0.190. The highest BCUT2D eigenvalue weighted by atomic mass is 32.2. The normalized spacial score (nSPS) is 10.5. The number of carbonyl (C=O) groups is 2. The van der Waals surface area contributed by atoms with E-state index in [2.05, 4.69) is 10.3 Å². The number of non-ortho nitro benzene ring substituents is 1. The fourth-order valence-electron chi connectivity index (χ4n) is 2.64. The summed E-state index contributed by atoms with van der Waals surface area (Å²) in [5.41, 5.74) is 3.16. The second-order valence-electron chi connectivity index (χ2n) is 6.67. The van der Waals surface area contributed by atoms with Gasteiger partial charge in [-0.2, -0.15) is 0 Å². The summed E-state index contributed by atoms with van der Waals surface area (Å²) in [7, 11) is 0. The monoisotopic (exact) mass is 457 g/mol. The number of nitro groups is 1. The second-order valence-corrected chi connectivity index (χ2v) is 8.81. The topological polar surface area (TPSA) is 111 Å². The fourth-order valence-corrected chi connectivity index (χ4v) is 4.53. The van der Waals surface area contributed by atoms with Gasteiger partial charge in [0.15, 0.2) is 10.9 Å². The number of aromatic nitrogens is 1. The van der Waals surface area contributed by atoms with Gasteiger partial charge in [-0.05, 0) is 44.0 Å². The standard InChI is InChI=1S/C21H19N3O5S2/c1-12-5-4-6-17(14(12)3)23-19(25)10-29-20(26)16-9-15(24(27)28)7-8-18(16)31-21-22-13(2)11-30-21/h4-9,11H,10H2,1-3H3,(H,23,25). The van der Waals surface area contributed by atoms with Gasteiger partial charge in [-0.1, -0.05) is 23.9 Å². The van der Waals surface area contributed by atoms with Gasteiger partial charge < -0.3 is 10.1 Å². The van der Waals surface area contributed by atoms with Gasteiger partial charge in [0.05, 0.1) is 10.5 Å².